The second kappa shape index (κ2) is 29.3. The molecule has 0 rings (SSSR count). The van der Waals surface area contributed by atoms with Gasteiger partial charge in [0, 0.05) is 18.9 Å². The summed E-state index contributed by atoms with van der Waals surface area (Å²) in [4.78, 5) is 42.9. The number of hydrogen-bond donors (Lipinski definition) is 6. The minimum absolute atomic E-state index is 0. The Morgan fingerprint density at radius 1 is 0.533 bits per heavy atom. The van der Waals surface area contributed by atoms with Gasteiger partial charge in [0.1, 0.15) is 0 Å². The molecule has 0 saturated heterocycles. The van der Waals surface area contributed by atoms with Crippen LogP contribution in [-0.2, 0) is 13.4 Å². The van der Waals surface area contributed by atoms with Gasteiger partial charge in [0.15, 0.2) is 0 Å². The third-order valence-corrected chi connectivity index (χ3v) is 0. The Bertz CT molecular complexity index is 118. The Kier molecular flexibility index (Phi) is 70.5. The molecule has 0 aromatic heterocycles. The first kappa shape index (κ1) is 36.1. The summed E-state index contributed by atoms with van der Waals surface area (Å²) in [6.45, 7) is 0. The number of hydrogen-bond acceptors (Lipinski definition) is 3. The van der Waals surface area contributed by atoms with Crippen molar-refractivity contribution in [3.8, 4) is 0 Å². The van der Waals surface area contributed by atoms with E-state index in [2.05, 4.69) is 0 Å². The van der Waals surface area contributed by atoms with E-state index < -0.39 is 27.5 Å². The third-order valence-electron chi connectivity index (χ3n) is 0. The van der Waals surface area contributed by atoms with E-state index >= 15 is 0 Å². The average Bonchev–Trinajstić information content (AvgIpc) is 1.54. The van der Waals surface area contributed by atoms with Crippen LogP contribution in [0.1, 0.15) is 0 Å². The molecule has 9 nitrogen and oxygen atoms in total. The van der Waals surface area contributed by atoms with Crippen molar-refractivity contribution in [1.82, 2.24) is 0 Å². The molecule has 0 atom stereocenters. The van der Waals surface area contributed by atoms with Gasteiger partial charge in [0.2, 0.25) is 0 Å². The normalized spacial score (nSPS) is 4.80. The minimum atomic E-state index is -3.13. The third kappa shape index (κ3) is 5660. The van der Waals surface area contributed by atoms with E-state index in [1.165, 1.54) is 0 Å². The molecule has 1 radical (unpaired) electrons. The molecule has 15 heavy (non-hydrogen) atoms. The molecule has 0 unspecified atom stereocenters. The second-order valence-electron chi connectivity index (χ2n) is 0.848. The largest absolute Gasteiger partial charge is 0 e. The van der Waals surface area contributed by atoms with Gasteiger partial charge in [-0.1, -0.05) is 0 Å². The van der Waals surface area contributed by atoms with Crippen LogP contribution >= 0.6 is 0 Å². The molecular weight excluding hydrogens is 249 g/mol. The van der Waals surface area contributed by atoms with Gasteiger partial charge in [-0.05, 0) is 0 Å². The van der Waals surface area contributed by atoms with Crippen LogP contribution in [-0.4, -0.2) is 113 Å². The molecule has 15 heteroatoms. The first-order valence-electron chi connectivity index (χ1n) is 1.95. The maximum absolute atomic E-state index is 8.74. The fraction of sp³-hybridized carbons (Fsp3) is 0. The summed E-state index contributed by atoms with van der Waals surface area (Å²) >= 11 is 0. The van der Waals surface area contributed by atoms with Crippen molar-refractivity contribution in [1.29, 1.82) is 0 Å². The summed E-state index contributed by atoms with van der Waals surface area (Å²) in [5, 5.41) is 0. The van der Waals surface area contributed by atoms with Crippen LogP contribution < -0.4 is 0 Å². The van der Waals surface area contributed by atoms with Gasteiger partial charge in [-0.15, -0.1) is 0 Å². The van der Waals surface area contributed by atoms with E-state index in [1.54, 1.807) is 0 Å². The standard InChI is InChI=1S/3Li.3H2O3Si.2H/c;;;3*1-4(2)3;;/h;;;3*1-2H;;. The molecule has 0 spiro atoms. The van der Waals surface area contributed by atoms with Crippen LogP contribution in [0.5, 0.6) is 0 Å². The first-order valence-corrected chi connectivity index (χ1v) is 5.86. The maximum atomic E-state index is 8.74. The van der Waals surface area contributed by atoms with Gasteiger partial charge >= 0.3 is 65.2 Å². The Labute approximate surface area is 125 Å². The van der Waals surface area contributed by atoms with Gasteiger partial charge in [-0.3, -0.25) is 13.4 Å². The van der Waals surface area contributed by atoms with E-state index in [-0.39, 0.29) is 56.6 Å². The molecule has 0 bridgehead atoms. The average molecular weight is 257 g/mol. The summed E-state index contributed by atoms with van der Waals surface area (Å²) in [7, 11) is -9.39. The maximum Gasteiger partial charge on any atom is 0 e. The van der Waals surface area contributed by atoms with E-state index in [1.807, 2.05) is 0 Å². The minimum Gasteiger partial charge on any atom is 0 e. The van der Waals surface area contributed by atoms with Gasteiger partial charge in [-0.2, -0.15) is 0 Å². The second-order valence-corrected chi connectivity index (χ2v) is 2.54. The summed E-state index contributed by atoms with van der Waals surface area (Å²) in [6, 6.07) is 0. The Balaban J connectivity index is -0.0000000184. The van der Waals surface area contributed by atoms with Crippen molar-refractivity contribution in [2.45, 2.75) is 0 Å². The van der Waals surface area contributed by atoms with Gasteiger partial charge < -0.3 is 28.8 Å². The molecule has 0 aromatic rings. The van der Waals surface area contributed by atoms with Crippen molar-refractivity contribution < 1.29 is 42.2 Å². The molecule has 0 fully saturated rings. The molecule has 6 N–H and O–H groups in total. The zero-order valence-corrected chi connectivity index (χ0v) is 9.41. The fourth-order valence-corrected chi connectivity index (χ4v) is 0. The molecule has 0 aliphatic rings. The van der Waals surface area contributed by atoms with E-state index in [0.717, 1.165) is 0 Å². The summed E-state index contributed by atoms with van der Waals surface area (Å²) in [5.41, 5.74) is 0. The predicted molar refractivity (Wildman–Crippen MR) is 52.7 cm³/mol. The van der Waals surface area contributed by atoms with Crippen molar-refractivity contribution in [2.24, 2.45) is 0 Å². The van der Waals surface area contributed by atoms with Gasteiger partial charge in [-0.25, -0.2) is 0 Å². The van der Waals surface area contributed by atoms with Gasteiger partial charge in [0.05, 0.1) is 0 Å². The van der Waals surface area contributed by atoms with Crippen molar-refractivity contribution in [3.05, 3.63) is 0 Å². The predicted octanol–water partition coefficient (Wildman–Crippen LogP) is -6.52. The molecule has 77 valence electrons. The van der Waals surface area contributed by atoms with Crippen LogP contribution in [0, 0.1) is 0 Å². The quantitative estimate of drug-likeness (QED) is 0.230. The van der Waals surface area contributed by atoms with Crippen LogP contribution in [0.2, 0.25) is 0 Å². The molecule has 0 heterocycles. The Hall–Kier alpha value is 0.643. The molecule has 0 saturated carbocycles. The number of rotatable bonds is 0. The van der Waals surface area contributed by atoms with Crippen LogP contribution in [0.25, 0.3) is 0 Å². The van der Waals surface area contributed by atoms with Crippen molar-refractivity contribution >= 4 is 84.1 Å². The summed E-state index contributed by atoms with van der Waals surface area (Å²) in [5.74, 6) is 0. The van der Waals surface area contributed by atoms with Crippen molar-refractivity contribution in [2.75, 3.05) is 0 Å². The van der Waals surface area contributed by atoms with Crippen LogP contribution in [0.4, 0.5) is 0 Å². The zero-order valence-electron chi connectivity index (χ0n) is 6.41. The van der Waals surface area contributed by atoms with E-state index in [0.29, 0.717) is 0 Å². The Morgan fingerprint density at radius 2 is 0.533 bits per heavy atom. The van der Waals surface area contributed by atoms with E-state index in [4.69, 9.17) is 42.2 Å². The van der Waals surface area contributed by atoms with Crippen molar-refractivity contribution in [3.63, 3.8) is 0 Å². The monoisotopic (exact) mass is 257 g/mol. The zero-order chi connectivity index (χ0) is 10.7. The SMILES string of the molecule is O=[Si](O)O.O=[Si](O)O.O=[Si](O)O.[LiH].[LiH].[Li]. The molecule has 0 amide bonds. The first-order chi connectivity index (χ1) is 5.20. The topological polar surface area (TPSA) is 173 Å². The van der Waals surface area contributed by atoms with Gasteiger partial charge in [0.25, 0.3) is 0 Å². The smallest absolute Gasteiger partial charge is 0 e. The van der Waals surface area contributed by atoms with Crippen LogP contribution in [0.3, 0.4) is 0 Å². The Morgan fingerprint density at radius 3 is 0.533 bits per heavy atom. The summed E-state index contributed by atoms with van der Waals surface area (Å²) < 4.78 is 26.2. The fourth-order valence-electron chi connectivity index (χ4n) is 0. The molecule has 0 aromatic carbocycles. The molecule has 0 aliphatic carbocycles. The molecule has 0 aliphatic heterocycles. The van der Waals surface area contributed by atoms with Crippen LogP contribution in [0.15, 0.2) is 0 Å². The summed E-state index contributed by atoms with van der Waals surface area (Å²) in [6.07, 6.45) is 0. The molecular formula is H8Li3O9Si3. The van der Waals surface area contributed by atoms with E-state index in [9.17, 15) is 0 Å².